The molecule has 4 nitrogen and oxygen atoms in total. The molecule has 0 spiro atoms. The Bertz CT molecular complexity index is 525. The second-order valence-corrected chi connectivity index (χ2v) is 3.78. The third-order valence-electron chi connectivity index (χ3n) is 2.61. The number of carbonyl (C=O) groups is 1. The zero-order valence-corrected chi connectivity index (χ0v) is 9.50. The Kier molecular flexibility index (Phi) is 3.14. The molecule has 0 fully saturated rings. The van der Waals surface area contributed by atoms with Crippen LogP contribution in [0, 0.1) is 0 Å². The molecule has 86 valence electrons. The van der Waals surface area contributed by atoms with Crippen LogP contribution in [0.1, 0.15) is 18.5 Å². The van der Waals surface area contributed by atoms with Crippen LogP contribution >= 0.6 is 0 Å². The van der Waals surface area contributed by atoms with Crippen molar-refractivity contribution in [2.45, 2.75) is 12.8 Å². The fourth-order valence-corrected chi connectivity index (χ4v) is 1.62. The van der Waals surface area contributed by atoms with E-state index in [0.29, 0.717) is 11.4 Å². The van der Waals surface area contributed by atoms with Gasteiger partial charge < -0.3 is 5.73 Å². The maximum absolute atomic E-state index is 11.2. The number of hydrogen-bond acceptors (Lipinski definition) is 3. The fraction of sp³-hybridized carbons (Fsp3) is 0.154. The van der Waals surface area contributed by atoms with Gasteiger partial charge in [-0.2, -0.15) is 0 Å². The molecule has 1 heterocycles. The van der Waals surface area contributed by atoms with Crippen molar-refractivity contribution in [3.05, 3.63) is 48.4 Å². The van der Waals surface area contributed by atoms with Crippen LogP contribution in [-0.2, 0) is 4.79 Å². The minimum atomic E-state index is -0.445. The zero-order valence-electron chi connectivity index (χ0n) is 9.50. The zero-order chi connectivity index (χ0) is 12.3. The first kappa shape index (κ1) is 11.3. The monoisotopic (exact) mass is 227 g/mol. The number of hydrogen-bond donors (Lipinski definition) is 1. The summed E-state index contributed by atoms with van der Waals surface area (Å²) in [4.78, 5) is 19.7. The molecule has 2 aromatic rings. The van der Waals surface area contributed by atoms with Gasteiger partial charge in [0.15, 0.2) is 0 Å². The topological polar surface area (TPSA) is 68.9 Å². The van der Waals surface area contributed by atoms with Crippen molar-refractivity contribution in [2.75, 3.05) is 0 Å². The molecule has 2 N–H and O–H groups in total. The van der Waals surface area contributed by atoms with Gasteiger partial charge in [0.25, 0.3) is 0 Å². The quantitative estimate of drug-likeness (QED) is 0.868. The molecule has 1 aromatic carbocycles. The maximum atomic E-state index is 11.2. The molecule has 17 heavy (non-hydrogen) atoms. The SMILES string of the molecule is CC(C(N)=O)c1nccnc1-c1ccccc1. The third-order valence-corrected chi connectivity index (χ3v) is 2.61. The van der Waals surface area contributed by atoms with E-state index < -0.39 is 11.8 Å². The van der Waals surface area contributed by atoms with Crippen LogP contribution in [0.25, 0.3) is 11.3 Å². The summed E-state index contributed by atoms with van der Waals surface area (Å²) < 4.78 is 0. The van der Waals surface area contributed by atoms with Gasteiger partial charge >= 0.3 is 0 Å². The summed E-state index contributed by atoms with van der Waals surface area (Å²) in [6, 6.07) is 9.63. The predicted molar refractivity (Wildman–Crippen MR) is 65.1 cm³/mol. The minimum absolute atomic E-state index is 0.400. The Morgan fingerprint density at radius 3 is 2.47 bits per heavy atom. The molecular formula is C13H13N3O. The molecule has 1 unspecified atom stereocenters. The normalized spacial score (nSPS) is 12.1. The second-order valence-electron chi connectivity index (χ2n) is 3.78. The van der Waals surface area contributed by atoms with Crippen molar-refractivity contribution < 1.29 is 4.79 Å². The Morgan fingerprint density at radius 1 is 1.18 bits per heavy atom. The van der Waals surface area contributed by atoms with Gasteiger partial charge in [-0.05, 0) is 6.92 Å². The first-order valence-corrected chi connectivity index (χ1v) is 5.36. The minimum Gasteiger partial charge on any atom is -0.369 e. The predicted octanol–water partition coefficient (Wildman–Crippen LogP) is 1.73. The summed E-state index contributed by atoms with van der Waals surface area (Å²) in [5, 5.41) is 0. The van der Waals surface area contributed by atoms with Gasteiger partial charge in [0.1, 0.15) is 0 Å². The molecular weight excluding hydrogens is 214 g/mol. The number of nitrogens with zero attached hydrogens (tertiary/aromatic N) is 2. The highest BCUT2D eigenvalue weighted by molar-refractivity contribution is 5.83. The van der Waals surface area contributed by atoms with Crippen molar-refractivity contribution in [3.8, 4) is 11.3 Å². The average molecular weight is 227 g/mol. The van der Waals surface area contributed by atoms with Crippen LogP contribution in [0.2, 0.25) is 0 Å². The lowest BCUT2D eigenvalue weighted by Crippen LogP contribution is -2.20. The molecule has 2 rings (SSSR count). The highest BCUT2D eigenvalue weighted by Gasteiger charge is 2.18. The molecule has 0 bridgehead atoms. The van der Waals surface area contributed by atoms with Crippen molar-refractivity contribution >= 4 is 5.91 Å². The molecule has 0 saturated carbocycles. The van der Waals surface area contributed by atoms with Crippen LogP contribution in [0.15, 0.2) is 42.7 Å². The highest BCUT2D eigenvalue weighted by Crippen LogP contribution is 2.24. The Hall–Kier alpha value is -2.23. The van der Waals surface area contributed by atoms with Crippen molar-refractivity contribution in [3.63, 3.8) is 0 Å². The van der Waals surface area contributed by atoms with E-state index in [1.807, 2.05) is 30.3 Å². The van der Waals surface area contributed by atoms with Crippen LogP contribution < -0.4 is 5.73 Å². The van der Waals surface area contributed by atoms with E-state index >= 15 is 0 Å². The molecule has 4 heteroatoms. The number of rotatable bonds is 3. The number of benzene rings is 1. The fourth-order valence-electron chi connectivity index (χ4n) is 1.62. The summed E-state index contributed by atoms with van der Waals surface area (Å²) in [6.07, 6.45) is 3.18. The molecule has 0 aliphatic heterocycles. The van der Waals surface area contributed by atoms with Gasteiger partial charge in [0.2, 0.25) is 5.91 Å². The van der Waals surface area contributed by atoms with E-state index in [-0.39, 0.29) is 0 Å². The molecule has 1 aromatic heterocycles. The summed E-state index contributed by atoms with van der Waals surface area (Å²) in [5.74, 6) is -0.846. The van der Waals surface area contributed by atoms with E-state index in [0.717, 1.165) is 5.56 Å². The molecule has 0 saturated heterocycles. The average Bonchev–Trinajstić information content (AvgIpc) is 2.39. The largest absolute Gasteiger partial charge is 0.369 e. The molecule has 0 aliphatic rings. The molecule has 1 amide bonds. The Balaban J connectivity index is 2.52. The van der Waals surface area contributed by atoms with Crippen molar-refractivity contribution in [1.82, 2.24) is 9.97 Å². The van der Waals surface area contributed by atoms with E-state index in [1.165, 1.54) is 0 Å². The first-order chi connectivity index (χ1) is 8.20. The standard InChI is InChI=1S/C13H13N3O/c1-9(13(14)17)11-12(16-8-7-15-11)10-5-3-2-4-6-10/h2-9H,1H3,(H2,14,17). The number of aromatic nitrogens is 2. The number of amides is 1. The highest BCUT2D eigenvalue weighted by atomic mass is 16.1. The summed E-state index contributed by atoms with van der Waals surface area (Å²) in [6.45, 7) is 1.73. The van der Waals surface area contributed by atoms with Gasteiger partial charge in [0, 0.05) is 18.0 Å². The van der Waals surface area contributed by atoms with Gasteiger partial charge in [-0.1, -0.05) is 30.3 Å². The van der Waals surface area contributed by atoms with Crippen LogP contribution in [0.3, 0.4) is 0 Å². The maximum Gasteiger partial charge on any atom is 0.226 e. The van der Waals surface area contributed by atoms with Gasteiger partial charge in [-0.25, -0.2) is 0 Å². The lowest BCUT2D eigenvalue weighted by molar-refractivity contribution is -0.119. The van der Waals surface area contributed by atoms with Crippen molar-refractivity contribution in [2.24, 2.45) is 5.73 Å². The summed E-state index contributed by atoms with van der Waals surface area (Å²) >= 11 is 0. The molecule has 0 aliphatic carbocycles. The van der Waals surface area contributed by atoms with Gasteiger partial charge in [-0.3, -0.25) is 14.8 Å². The van der Waals surface area contributed by atoms with Crippen LogP contribution in [-0.4, -0.2) is 15.9 Å². The summed E-state index contributed by atoms with van der Waals surface area (Å²) in [5.41, 5.74) is 7.57. The molecule has 0 radical (unpaired) electrons. The van der Waals surface area contributed by atoms with Crippen LogP contribution in [0.4, 0.5) is 0 Å². The van der Waals surface area contributed by atoms with E-state index in [1.54, 1.807) is 19.3 Å². The Labute approximate surface area is 99.5 Å². The first-order valence-electron chi connectivity index (χ1n) is 5.36. The lowest BCUT2D eigenvalue weighted by atomic mass is 10.0. The summed E-state index contributed by atoms with van der Waals surface area (Å²) in [7, 11) is 0. The lowest BCUT2D eigenvalue weighted by Gasteiger charge is -2.11. The number of carbonyl (C=O) groups excluding carboxylic acids is 1. The smallest absolute Gasteiger partial charge is 0.226 e. The van der Waals surface area contributed by atoms with E-state index in [4.69, 9.17) is 5.73 Å². The third kappa shape index (κ3) is 2.30. The van der Waals surface area contributed by atoms with E-state index in [2.05, 4.69) is 9.97 Å². The number of nitrogens with two attached hydrogens (primary N) is 1. The van der Waals surface area contributed by atoms with E-state index in [9.17, 15) is 4.79 Å². The number of primary amides is 1. The Morgan fingerprint density at radius 2 is 1.82 bits per heavy atom. The molecule has 1 atom stereocenters. The second kappa shape index (κ2) is 4.74. The van der Waals surface area contributed by atoms with Gasteiger partial charge in [-0.15, -0.1) is 0 Å². The van der Waals surface area contributed by atoms with Crippen molar-refractivity contribution in [1.29, 1.82) is 0 Å². The van der Waals surface area contributed by atoms with Crippen LogP contribution in [0.5, 0.6) is 0 Å². The van der Waals surface area contributed by atoms with Gasteiger partial charge in [0.05, 0.1) is 17.3 Å².